The van der Waals surface area contributed by atoms with Gasteiger partial charge < -0.3 is 9.32 Å². The zero-order chi connectivity index (χ0) is 31.6. The predicted molar refractivity (Wildman–Crippen MR) is 205 cm³/mol. The molecule has 0 amide bonds. The van der Waals surface area contributed by atoms with Gasteiger partial charge in [-0.2, -0.15) is 0 Å². The number of para-hydroxylation sites is 1. The van der Waals surface area contributed by atoms with Gasteiger partial charge in [0.1, 0.15) is 16.2 Å². The van der Waals surface area contributed by atoms with E-state index < -0.39 is 0 Å². The van der Waals surface area contributed by atoms with E-state index in [9.17, 15) is 0 Å². The standard InChI is InChI=1S/C43H26N2OS2/c1-3-10-27(11-4-1)29-14-9-15-30(24-29)45(31-18-20-34-33-16-7-8-17-36(33)46-37(34)25-31)32-19-21-35-40(26-32)47-38-22-23-39-42(41(35)38)44-43(48-39)28-12-5-2-6-13-28/h1-26H. The zero-order valence-electron chi connectivity index (χ0n) is 25.6. The Bertz CT molecular complexity index is 2790. The van der Waals surface area contributed by atoms with E-state index in [1.54, 1.807) is 11.3 Å². The van der Waals surface area contributed by atoms with Crippen molar-refractivity contribution in [3.05, 3.63) is 158 Å². The van der Waals surface area contributed by atoms with Gasteiger partial charge in [-0.15, -0.1) is 22.7 Å². The Morgan fingerprint density at radius 2 is 1.10 bits per heavy atom. The summed E-state index contributed by atoms with van der Waals surface area (Å²) in [5, 5.41) is 5.78. The van der Waals surface area contributed by atoms with Crippen molar-refractivity contribution in [2.24, 2.45) is 0 Å². The summed E-state index contributed by atoms with van der Waals surface area (Å²) in [6.07, 6.45) is 0. The number of thiazole rings is 1. The molecule has 0 spiro atoms. The Morgan fingerprint density at radius 1 is 0.438 bits per heavy atom. The summed E-state index contributed by atoms with van der Waals surface area (Å²) >= 11 is 3.59. The molecule has 226 valence electrons. The minimum atomic E-state index is 0.876. The second kappa shape index (κ2) is 10.9. The second-order valence-corrected chi connectivity index (χ2v) is 14.1. The van der Waals surface area contributed by atoms with Crippen LogP contribution in [0.15, 0.2) is 162 Å². The van der Waals surface area contributed by atoms with Crippen LogP contribution in [-0.2, 0) is 0 Å². The van der Waals surface area contributed by atoms with Gasteiger partial charge in [0.25, 0.3) is 0 Å². The first-order valence-corrected chi connectivity index (χ1v) is 17.6. The molecule has 0 aliphatic carbocycles. The highest BCUT2D eigenvalue weighted by Gasteiger charge is 2.19. The van der Waals surface area contributed by atoms with Gasteiger partial charge in [-0.3, -0.25) is 0 Å². The molecule has 0 saturated heterocycles. The maximum atomic E-state index is 6.36. The van der Waals surface area contributed by atoms with E-state index in [0.29, 0.717) is 0 Å². The van der Waals surface area contributed by atoms with Crippen LogP contribution in [-0.4, -0.2) is 4.98 Å². The van der Waals surface area contributed by atoms with Crippen LogP contribution in [0.4, 0.5) is 17.1 Å². The lowest BCUT2D eigenvalue weighted by molar-refractivity contribution is 0.669. The highest BCUT2D eigenvalue weighted by molar-refractivity contribution is 7.26. The third kappa shape index (κ3) is 4.43. The molecule has 0 bridgehead atoms. The van der Waals surface area contributed by atoms with Crippen molar-refractivity contribution in [1.29, 1.82) is 0 Å². The lowest BCUT2D eigenvalue weighted by atomic mass is 10.0. The molecule has 0 fully saturated rings. The van der Waals surface area contributed by atoms with Crippen LogP contribution in [0.3, 0.4) is 0 Å². The maximum Gasteiger partial charge on any atom is 0.137 e. The number of nitrogens with zero attached hydrogens (tertiary/aromatic N) is 2. The van der Waals surface area contributed by atoms with E-state index >= 15 is 0 Å². The van der Waals surface area contributed by atoms with Crippen molar-refractivity contribution in [2.45, 2.75) is 0 Å². The summed E-state index contributed by atoms with van der Waals surface area (Å²) in [6, 6.07) is 56.0. The van der Waals surface area contributed by atoms with E-state index in [4.69, 9.17) is 9.40 Å². The molecule has 48 heavy (non-hydrogen) atoms. The lowest BCUT2D eigenvalue weighted by Crippen LogP contribution is -2.09. The van der Waals surface area contributed by atoms with Gasteiger partial charge in [0.2, 0.25) is 0 Å². The van der Waals surface area contributed by atoms with Crippen molar-refractivity contribution < 1.29 is 4.42 Å². The first-order valence-electron chi connectivity index (χ1n) is 15.9. The van der Waals surface area contributed by atoms with Crippen molar-refractivity contribution in [2.75, 3.05) is 4.90 Å². The van der Waals surface area contributed by atoms with E-state index in [1.165, 1.54) is 36.0 Å². The number of anilines is 3. The topological polar surface area (TPSA) is 29.3 Å². The number of rotatable bonds is 5. The Morgan fingerprint density at radius 3 is 1.96 bits per heavy atom. The fourth-order valence-corrected chi connectivity index (χ4v) is 8.96. The third-order valence-corrected chi connectivity index (χ3v) is 11.3. The first-order chi connectivity index (χ1) is 23.8. The van der Waals surface area contributed by atoms with Gasteiger partial charge >= 0.3 is 0 Å². The van der Waals surface area contributed by atoms with Gasteiger partial charge in [-0.25, -0.2) is 4.98 Å². The largest absolute Gasteiger partial charge is 0.456 e. The second-order valence-electron chi connectivity index (χ2n) is 12.0. The zero-order valence-corrected chi connectivity index (χ0v) is 27.3. The van der Waals surface area contributed by atoms with Crippen LogP contribution < -0.4 is 4.90 Å². The van der Waals surface area contributed by atoms with Crippen molar-refractivity contribution >= 4 is 92.1 Å². The van der Waals surface area contributed by atoms with Crippen molar-refractivity contribution in [1.82, 2.24) is 4.98 Å². The average molecular weight is 651 g/mol. The van der Waals surface area contributed by atoms with Crippen molar-refractivity contribution in [3.8, 4) is 21.7 Å². The van der Waals surface area contributed by atoms with E-state index in [2.05, 4.69) is 150 Å². The monoisotopic (exact) mass is 650 g/mol. The smallest absolute Gasteiger partial charge is 0.137 e. The number of fused-ring (bicyclic) bond motifs is 8. The molecule has 0 N–H and O–H groups in total. The first kappa shape index (κ1) is 27.4. The number of thiophene rings is 1. The van der Waals surface area contributed by atoms with Gasteiger partial charge in [0.05, 0.1) is 10.2 Å². The number of benzene rings is 7. The SMILES string of the molecule is c1ccc(-c2cccc(N(c3ccc4c(c3)oc3ccccc34)c3ccc4c(c3)sc3ccc5sc(-c6ccccc6)nc5c34)c2)cc1. The molecule has 0 aliphatic rings. The van der Waals surface area contributed by atoms with Crippen LogP contribution in [0.1, 0.15) is 0 Å². The summed E-state index contributed by atoms with van der Waals surface area (Å²) in [5.74, 6) is 0. The molecule has 0 radical (unpaired) electrons. The molecule has 10 rings (SSSR count). The third-order valence-electron chi connectivity index (χ3n) is 9.09. The lowest BCUT2D eigenvalue weighted by Gasteiger charge is -2.26. The molecule has 3 heterocycles. The molecule has 10 aromatic rings. The molecule has 3 nitrogen and oxygen atoms in total. The molecule has 3 aromatic heterocycles. The van der Waals surface area contributed by atoms with Gasteiger partial charge in [0, 0.05) is 59.6 Å². The summed E-state index contributed by atoms with van der Waals surface area (Å²) in [7, 11) is 0. The fraction of sp³-hybridized carbons (Fsp3) is 0. The van der Waals surface area contributed by atoms with Gasteiger partial charge in [-0.1, -0.05) is 97.1 Å². The molecule has 0 unspecified atom stereocenters. The van der Waals surface area contributed by atoms with E-state index in [0.717, 1.165) is 55.1 Å². The van der Waals surface area contributed by atoms with Crippen molar-refractivity contribution in [3.63, 3.8) is 0 Å². The Hall–Kier alpha value is -5.75. The fourth-order valence-electron chi connectivity index (χ4n) is 6.84. The molecule has 5 heteroatoms. The Balaban J connectivity index is 1.16. The minimum Gasteiger partial charge on any atom is -0.456 e. The van der Waals surface area contributed by atoms with Crippen LogP contribution in [0.5, 0.6) is 0 Å². The highest BCUT2D eigenvalue weighted by atomic mass is 32.1. The molecule has 0 saturated carbocycles. The van der Waals surface area contributed by atoms with Crippen LogP contribution in [0.25, 0.3) is 74.0 Å². The normalized spacial score (nSPS) is 11.8. The number of hydrogen-bond acceptors (Lipinski definition) is 5. The maximum absolute atomic E-state index is 6.36. The predicted octanol–water partition coefficient (Wildman–Crippen LogP) is 13.4. The molecular formula is C43H26N2OS2. The summed E-state index contributed by atoms with van der Waals surface area (Å²) in [5.41, 5.74) is 9.60. The average Bonchev–Trinajstić information content (AvgIpc) is 3.85. The van der Waals surface area contributed by atoms with E-state index in [1.807, 2.05) is 23.5 Å². The summed E-state index contributed by atoms with van der Waals surface area (Å²) in [4.78, 5) is 7.52. The molecule has 0 atom stereocenters. The highest BCUT2D eigenvalue weighted by Crippen LogP contribution is 2.45. The van der Waals surface area contributed by atoms with Crippen LogP contribution in [0.2, 0.25) is 0 Å². The number of aromatic nitrogens is 1. The summed E-state index contributed by atoms with van der Waals surface area (Å²) < 4.78 is 10.1. The van der Waals surface area contributed by atoms with Crippen LogP contribution >= 0.6 is 22.7 Å². The Kier molecular flexibility index (Phi) is 6.22. The quantitative estimate of drug-likeness (QED) is 0.186. The number of hydrogen-bond donors (Lipinski definition) is 0. The molecular weight excluding hydrogens is 625 g/mol. The number of furan rings is 1. The molecule has 0 aliphatic heterocycles. The van der Waals surface area contributed by atoms with Crippen LogP contribution in [0, 0.1) is 0 Å². The minimum absolute atomic E-state index is 0.876. The van der Waals surface area contributed by atoms with E-state index in [-0.39, 0.29) is 0 Å². The summed E-state index contributed by atoms with van der Waals surface area (Å²) in [6.45, 7) is 0. The van der Waals surface area contributed by atoms with Gasteiger partial charge in [-0.05, 0) is 65.7 Å². The Labute approximate surface area is 284 Å². The molecule has 7 aromatic carbocycles. The van der Waals surface area contributed by atoms with Gasteiger partial charge in [0.15, 0.2) is 0 Å².